The molecule has 0 atom stereocenters. The molecule has 0 aromatic heterocycles. The van der Waals surface area contributed by atoms with Gasteiger partial charge >= 0.3 is 0 Å². The standard InChI is InChI=1S/C27H31N3O7S2/c1-19(2)20-4-9-23(10-5-20)38(32,33)24-11-7-22(8-12-24)28-29-27(31)21-6-13-25(36-3)26(18-21)39(34,35)30-14-16-37-17-15-30/h4-13,18-19,28H,14-17H2,1-3H3,(H,29,31). The van der Waals surface area contributed by atoms with E-state index in [1.54, 1.807) is 24.3 Å². The maximum atomic E-state index is 13.2. The minimum absolute atomic E-state index is 0.0965. The Morgan fingerprint density at radius 3 is 2.05 bits per heavy atom. The number of hydrazine groups is 1. The molecule has 3 aromatic carbocycles. The van der Waals surface area contributed by atoms with Crippen molar-refractivity contribution < 1.29 is 31.1 Å². The first-order valence-electron chi connectivity index (χ1n) is 12.3. The van der Waals surface area contributed by atoms with Gasteiger partial charge in [0, 0.05) is 18.7 Å². The Kier molecular flexibility index (Phi) is 8.60. The van der Waals surface area contributed by atoms with Crippen molar-refractivity contribution in [2.24, 2.45) is 0 Å². The van der Waals surface area contributed by atoms with Crippen molar-refractivity contribution >= 4 is 31.5 Å². The Hall–Kier alpha value is -3.45. The molecule has 1 amide bonds. The van der Waals surface area contributed by atoms with Crippen molar-refractivity contribution in [1.29, 1.82) is 0 Å². The molecule has 4 rings (SSSR count). The van der Waals surface area contributed by atoms with E-state index in [2.05, 4.69) is 10.9 Å². The van der Waals surface area contributed by atoms with E-state index < -0.39 is 25.8 Å². The van der Waals surface area contributed by atoms with Gasteiger partial charge in [0.2, 0.25) is 19.9 Å². The average molecular weight is 574 g/mol. The molecule has 1 aliphatic rings. The van der Waals surface area contributed by atoms with E-state index in [0.29, 0.717) is 11.6 Å². The van der Waals surface area contributed by atoms with Gasteiger partial charge in [-0.05, 0) is 66.1 Å². The Morgan fingerprint density at radius 2 is 1.49 bits per heavy atom. The van der Waals surface area contributed by atoms with Gasteiger partial charge < -0.3 is 9.47 Å². The number of anilines is 1. The summed E-state index contributed by atoms with van der Waals surface area (Å²) in [6.45, 7) is 5.06. The minimum Gasteiger partial charge on any atom is -0.495 e. The van der Waals surface area contributed by atoms with Crippen LogP contribution in [0.1, 0.15) is 35.7 Å². The topological polar surface area (TPSA) is 131 Å². The molecule has 2 N–H and O–H groups in total. The Labute approximate surface area is 228 Å². The van der Waals surface area contributed by atoms with Crippen LogP contribution in [0.2, 0.25) is 0 Å². The number of amides is 1. The zero-order chi connectivity index (χ0) is 28.2. The summed E-state index contributed by atoms with van der Waals surface area (Å²) in [6, 6.07) is 16.9. The lowest BCUT2D eigenvalue weighted by molar-refractivity contribution is 0.0729. The summed E-state index contributed by atoms with van der Waals surface area (Å²) in [4.78, 5) is 13.0. The molecular weight excluding hydrogens is 542 g/mol. The fourth-order valence-electron chi connectivity index (χ4n) is 4.03. The first kappa shape index (κ1) is 28.6. The van der Waals surface area contributed by atoms with Crippen LogP contribution in [0.4, 0.5) is 5.69 Å². The van der Waals surface area contributed by atoms with Gasteiger partial charge in [-0.25, -0.2) is 16.8 Å². The second-order valence-corrected chi connectivity index (χ2v) is 13.1. The Balaban J connectivity index is 1.46. The number of ether oxygens (including phenoxy) is 2. The number of nitrogens with one attached hydrogen (secondary N) is 2. The van der Waals surface area contributed by atoms with Crippen molar-refractivity contribution in [3.63, 3.8) is 0 Å². The van der Waals surface area contributed by atoms with Crippen LogP contribution in [0, 0.1) is 0 Å². The maximum Gasteiger partial charge on any atom is 0.269 e. The number of morpholine rings is 1. The second kappa shape index (κ2) is 11.7. The minimum atomic E-state index is -3.91. The van der Waals surface area contributed by atoms with Crippen molar-refractivity contribution in [3.05, 3.63) is 77.9 Å². The van der Waals surface area contributed by atoms with Crippen LogP contribution in [0.5, 0.6) is 5.75 Å². The van der Waals surface area contributed by atoms with Gasteiger partial charge in [0.25, 0.3) is 5.91 Å². The molecule has 208 valence electrons. The molecule has 0 unspecified atom stereocenters. The highest BCUT2D eigenvalue weighted by Crippen LogP contribution is 2.29. The molecule has 3 aromatic rings. The van der Waals surface area contributed by atoms with E-state index in [0.717, 1.165) is 5.56 Å². The lowest BCUT2D eigenvalue weighted by Gasteiger charge is -2.26. The summed E-state index contributed by atoms with van der Waals surface area (Å²) in [5.74, 6) is -0.166. The third-order valence-corrected chi connectivity index (χ3v) is 10.1. The van der Waals surface area contributed by atoms with E-state index >= 15 is 0 Å². The van der Waals surface area contributed by atoms with Crippen molar-refractivity contribution in [2.75, 3.05) is 38.8 Å². The highest BCUT2D eigenvalue weighted by Gasteiger charge is 2.30. The van der Waals surface area contributed by atoms with Crippen molar-refractivity contribution in [3.8, 4) is 5.75 Å². The zero-order valence-corrected chi connectivity index (χ0v) is 23.5. The molecule has 1 heterocycles. The van der Waals surface area contributed by atoms with Gasteiger partial charge in [0.05, 0.1) is 35.8 Å². The number of benzene rings is 3. The predicted octanol–water partition coefficient (Wildman–Crippen LogP) is 3.43. The summed E-state index contributed by atoms with van der Waals surface area (Å²) in [5.41, 5.74) is 6.82. The number of rotatable bonds is 9. The average Bonchev–Trinajstić information content (AvgIpc) is 2.96. The SMILES string of the molecule is COc1ccc(C(=O)NNc2ccc(S(=O)(=O)c3ccc(C(C)C)cc3)cc2)cc1S(=O)(=O)N1CCOCC1. The van der Waals surface area contributed by atoms with Crippen LogP contribution in [-0.4, -0.2) is 60.5 Å². The molecule has 12 heteroatoms. The number of nitrogens with zero attached hydrogens (tertiary/aromatic N) is 1. The molecule has 0 aliphatic carbocycles. The molecule has 0 radical (unpaired) electrons. The third kappa shape index (κ3) is 6.25. The highest BCUT2D eigenvalue weighted by atomic mass is 32.2. The smallest absolute Gasteiger partial charge is 0.269 e. The number of carbonyl (C=O) groups excluding carboxylic acids is 1. The van der Waals surface area contributed by atoms with Crippen LogP contribution in [0.25, 0.3) is 0 Å². The number of sulfone groups is 1. The van der Waals surface area contributed by atoms with Crippen LogP contribution >= 0.6 is 0 Å². The van der Waals surface area contributed by atoms with Gasteiger partial charge in [-0.1, -0.05) is 26.0 Å². The number of sulfonamides is 1. The van der Waals surface area contributed by atoms with E-state index in [1.165, 1.54) is 53.9 Å². The normalized spacial score (nSPS) is 14.7. The lowest BCUT2D eigenvalue weighted by atomic mass is 10.0. The monoisotopic (exact) mass is 573 g/mol. The molecular formula is C27H31N3O7S2. The zero-order valence-electron chi connectivity index (χ0n) is 21.9. The molecule has 10 nitrogen and oxygen atoms in total. The summed E-state index contributed by atoms with van der Waals surface area (Å²) >= 11 is 0. The van der Waals surface area contributed by atoms with Gasteiger partial charge in [0.1, 0.15) is 10.6 Å². The molecule has 1 aliphatic heterocycles. The van der Waals surface area contributed by atoms with E-state index in [9.17, 15) is 21.6 Å². The van der Waals surface area contributed by atoms with Crippen LogP contribution in [0.15, 0.2) is 81.4 Å². The maximum absolute atomic E-state index is 13.2. The van der Waals surface area contributed by atoms with E-state index in [-0.39, 0.29) is 52.3 Å². The second-order valence-electron chi connectivity index (χ2n) is 9.21. The van der Waals surface area contributed by atoms with Crippen molar-refractivity contribution in [2.45, 2.75) is 34.5 Å². The lowest BCUT2D eigenvalue weighted by Crippen LogP contribution is -2.40. The molecule has 0 spiro atoms. The van der Waals surface area contributed by atoms with Gasteiger partial charge in [-0.15, -0.1) is 0 Å². The fourth-order valence-corrected chi connectivity index (χ4v) is 6.88. The van der Waals surface area contributed by atoms with Crippen LogP contribution < -0.4 is 15.6 Å². The Morgan fingerprint density at radius 1 is 0.897 bits per heavy atom. The van der Waals surface area contributed by atoms with Gasteiger partial charge in [-0.2, -0.15) is 4.31 Å². The first-order valence-corrected chi connectivity index (χ1v) is 15.2. The quantitative estimate of drug-likeness (QED) is 0.373. The molecule has 1 saturated heterocycles. The number of carbonyl (C=O) groups is 1. The summed E-state index contributed by atoms with van der Waals surface area (Å²) in [6.07, 6.45) is 0. The van der Waals surface area contributed by atoms with Gasteiger partial charge in [-0.3, -0.25) is 15.6 Å². The van der Waals surface area contributed by atoms with E-state index in [4.69, 9.17) is 9.47 Å². The number of methoxy groups -OCH3 is 1. The molecule has 39 heavy (non-hydrogen) atoms. The summed E-state index contributed by atoms with van der Waals surface area (Å²) < 4.78 is 64.1. The summed E-state index contributed by atoms with van der Waals surface area (Å²) in [5, 5.41) is 0. The summed E-state index contributed by atoms with van der Waals surface area (Å²) in [7, 11) is -6.25. The molecule has 1 fully saturated rings. The van der Waals surface area contributed by atoms with Gasteiger partial charge in [0.15, 0.2) is 0 Å². The Bertz CT molecular complexity index is 1530. The molecule has 0 saturated carbocycles. The first-order chi connectivity index (χ1) is 18.5. The number of hydrogen-bond acceptors (Lipinski definition) is 8. The van der Waals surface area contributed by atoms with Crippen molar-refractivity contribution in [1.82, 2.24) is 9.73 Å². The van der Waals surface area contributed by atoms with Crippen LogP contribution in [0.3, 0.4) is 0 Å². The fraction of sp³-hybridized carbons (Fsp3) is 0.296. The van der Waals surface area contributed by atoms with Crippen LogP contribution in [-0.2, 0) is 24.6 Å². The predicted molar refractivity (Wildman–Crippen MR) is 146 cm³/mol. The highest BCUT2D eigenvalue weighted by molar-refractivity contribution is 7.91. The largest absolute Gasteiger partial charge is 0.495 e. The number of hydrogen-bond donors (Lipinski definition) is 2. The van der Waals surface area contributed by atoms with E-state index in [1.807, 2.05) is 13.8 Å². The third-order valence-electron chi connectivity index (χ3n) is 6.36. The molecule has 0 bridgehead atoms.